The molecule has 1 aliphatic rings. The van der Waals surface area contributed by atoms with Crippen LogP contribution in [0.1, 0.15) is 16.9 Å². The van der Waals surface area contributed by atoms with E-state index in [4.69, 9.17) is 9.84 Å². The lowest BCUT2D eigenvalue weighted by Gasteiger charge is -2.23. The Morgan fingerprint density at radius 2 is 2.12 bits per heavy atom. The van der Waals surface area contributed by atoms with Crippen LogP contribution in [0.3, 0.4) is 0 Å². The summed E-state index contributed by atoms with van der Waals surface area (Å²) >= 11 is 0. The molecule has 2 aromatic rings. The van der Waals surface area contributed by atoms with Gasteiger partial charge in [-0.1, -0.05) is 12.1 Å². The van der Waals surface area contributed by atoms with Crippen LogP contribution in [0.15, 0.2) is 30.3 Å². The number of hydrogen-bond donors (Lipinski definition) is 4. The van der Waals surface area contributed by atoms with Crippen molar-refractivity contribution < 1.29 is 19.4 Å². The molecule has 2 heterocycles. The Kier molecular flexibility index (Phi) is 4.88. The maximum absolute atomic E-state index is 12.0. The van der Waals surface area contributed by atoms with E-state index in [-0.39, 0.29) is 17.6 Å². The van der Waals surface area contributed by atoms with Gasteiger partial charge in [-0.3, -0.25) is 9.89 Å². The van der Waals surface area contributed by atoms with Crippen molar-refractivity contribution in [1.29, 1.82) is 0 Å². The van der Waals surface area contributed by atoms with Gasteiger partial charge in [0.2, 0.25) is 5.91 Å². The summed E-state index contributed by atoms with van der Waals surface area (Å²) in [6.07, 6.45) is 0.350. The molecule has 1 aliphatic heterocycles. The third kappa shape index (κ3) is 3.98. The number of morpholine rings is 1. The monoisotopic (exact) mass is 330 g/mol. The highest BCUT2D eigenvalue weighted by Gasteiger charge is 2.17. The Balaban J connectivity index is 1.59. The van der Waals surface area contributed by atoms with Crippen LogP contribution in [0.2, 0.25) is 0 Å². The normalized spacial score (nSPS) is 17.4. The summed E-state index contributed by atoms with van der Waals surface area (Å²) in [5, 5.41) is 21.4. The predicted octanol–water partition coefficient (Wildman–Crippen LogP) is 1.09. The summed E-state index contributed by atoms with van der Waals surface area (Å²) in [5.41, 5.74) is 2.01. The van der Waals surface area contributed by atoms with Gasteiger partial charge in [0.15, 0.2) is 0 Å². The van der Waals surface area contributed by atoms with Crippen molar-refractivity contribution in [2.24, 2.45) is 0 Å². The number of aromatic nitrogens is 2. The molecular formula is C16H18N4O4. The first-order chi connectivity index (χ1) is 11.6. The molecule has 4 N–H and O–H groups in total. The molecule has 1 atom stereocenters. The molecule has 0 radical (unpaired) electrons. The summed E-state index contributed by atoms with van der Waals surface area (Å²) in [6.45, 7) is 1.97. The van der Waals surface area contributed by atoms with Gasteiger partial charge in [-0.15, -0.1) is 0 Å². The lowest BCUT2D eigenvalue weighted by Crippen LogP contribution is -2.43. The van der Waals surface area contributed by atoms with Crippen LogP contribution < -0.4 is 10.6 Å². The number of hydrogen-bond acceptors (Lipinski definition) is 5. The van der Waals surface area contributed by atoms with Crippen LogP contribution in [0, 0.1) is 0 Å². The number of aromatic carboxylic acids is 1. The molecule has 126 valence electrons. The number of carboxylic acid groups (broad SMARTS) is 1. The van der Waals surface area contributed by atoms with Gasteiger partial charge in [-0.2, -0.15) is 5.10 Å². The fourth-order valence-electron chi connectivity index (χ4n) is 2.49. The fraction of sp³-hybridized carbons (Fsp3) is 0.312. The van der Waals surface area contributed by atoms with Crippen LogP contribution in [0.4, 0.5) is 5.69 Å². The third-order valence-corrected chi connectivity index (χ3v) is 3.70. The molecule has 0 saturated carbocycles. The van der Waals surface area contributed by atoms with Crippen molar-refractivity contribution >= 4 is 17.6 Å². The second-order valence-electron chi connectivity index (χ2n) is 5.53. The van der Waals surface area contributed by atoms with Crippen molar-refractivity contribution in [2.45, 2.75) is 12.5 Å². The van der Waals surface area contributed by atoms with E-state index in [0.717, 1.165) is 12.1 Å². The van der Waals surface area contributed by atoms with E-state index in [2.05, 4.69) is 20.8 Å². The first kappa shape index (κ1) is 16.2. The Morgan fingerprint density at radius 3 is 2.75 bits per heavy atom. The number of carboxylic acids is 1. The second kappa shape index (κ2) is 7.24. The molecule has 1 fully saturated rings. The summed E-state index contributed by atoms with van der Waals surface area (Å²) in [6, 6.07) is 8.57. The molecule has 1 amide bonds. The number of H-pyrrole nitrogens is 1. The molecule has 1 aromatic carbocycles. The summed E-state index contributed by atoms with van der Waals surface area (Å²) in [5.74, 6) is -1.14. The number of anilines is 1. The Labute approximate surface area is 138 Å². The van der Waals surface area contributed by atoms with Crippen LogP contribution >= 0.6 is 0 Å². The van der Waals surface area contributed by atoms with Gasteiger partial charge in [-0.05, 0) is 18.2 Å². The lowest BCUT2D eigenvalue weighted by molar-refractivity contribution is -0.117. The molecule has 1 saturated heterocycles. The predicted molar refractivity (Wildman–Crippen MR) is 86.8 cm³/mol. The number of aromatic amines is 1. The molecule has 0 aliphatic carbocycles. The largest absolute Gasteiger partial charge is 0.477 e. The van der Waals surface area contributed by atoms with Gasteiger partial charge < -0.3 is 20.5 Å². The van der Waals surface area contributed by atoms with Crippen molar-refractivity contribution in [2.75, 3.05) is 25.1 Å². The van der Waals surface area contributed by atoms with Crippen LogP contribution in [0.25, 0.3) is 11.3 Å². The quantitative estimate of drug-likeness (QED) is 0.652. The van der Waals surface area contributed by atoms with Crippen molar-refractivity contribution in [1.82, 2.24) is 15.5 Å². The van der Waals surface area contributed by atoms with Gasteiger partial charge in [0.1, 0.15) is 5.69 Å². The fourth-order valence-corrected chi connectivity index (χ4v) is 2.49. The average molecular weight is 330 g/mol. The number of rotatable bonds is 5. The number of carbonyl (C=O) groups is 2. The van der Waals surface area contributed by atoms with Gasteiger partial charge in [0.25, 0.3) is 0 Å². The molecule has 3 rings (SSSR count). The summed E-state index contributed by atoms with van der Waals surface area (Å²) < 4.78 is 5.32. The molecule has 1 aromatic heterocycles. The van der Waals surface area contributed by atoms with Crippen molar-refractivity contribution in [3.05, 3.63) is 36.0 Å². The standard InChI is InChI=1S/C16H18N4O4/c21-15(7-12-9-24-6-5-17-12)18-11-3-1-10(2-4-11)13-8-14(16(22)23)20-19-13/h1-4,8,12,17H,5-7,9H2,(H,18,21)(H,19,20)(H,22,23)/t12-/m0/s1. The molecule has 0 bridgehead atoms. The minimum atomic E-state index is -1.06. The van der Waals surface area contributed by atoms with Gasteiger partial charge >= 0.3 is 5.97 Å². The maximum Gasteiger partial charge on any atom is 0.353 e. The van der Waals surface area contributed by atoms with Crippen molar-refractivity contribution in [3.63, 3.8) is 0 Å². The molecule has 24 heavy (non-hydrogen) atoms. The molecule has 0 spiro atoms. The van der Waals surface area contributed by atoms with Crippen LogP contribution in [-0.4, -0.2) is 53.0 Å². The number of carbonyl (C=O) groups excluding carboxylic acids is 1. The first-order valence-corrected chi connectivity index (χ1v) is 7.62. The minimum absolute atomic E-state index is 0.0320. The second-order valence-corrected chi connectivity index (χ2v) is 5.53. The van der Waals surface area contributed by atoms with E-state index < -0.39 is 5.97 Å². The number of ether oxygens (including phenoxy) is 1. The molecular weight excluding hydrogens is 312 g/mol. The number of nitrogens with one attached hydrogen (secondary N) is 3. The number of nitrogens with zero attached hydrogens (tertiary/aromatic N) is 1. The highest BCUT2D eigenvalue weighted by Crippen LogP contribution is 2.20. The summed E-state index contributed by atoms with van der Waals surface area (Å²) in [7, 11) is 0. The smallest absolute Gasteiger partial charge is 0.353 e. The number of benzene rings is 1. The van der Waals surface area contributed by atoms with E-state index in [1.165, 1.54) is 6.07 Å². The van der Waals surface area contributed by atoms with Gasteiger partial charge in [0.05, 0.1) is 18.9 Å². The summed E-state index contributed by atoms with van der Waals surface area (Å²) in [4.78, 5) is 22.9. The highest BCUT2D eigenvalue weighted by molar-refractivity contribution is 5.91. The topological polar surface area (TPSA) is 116 Å². The Hall–Kier alpha value is -2.71. The van der Waals surface area contributed by atoms with Crippen LogP contribution in [0.5, 0.6) is 0 Å². The minimum Gasteiger partial charge on any atom is -0.477 e. The average Bonchev–Trinajstić information content (AvgIpc) is 3.07. The SMILES string of the molecule is O=C(C[C@H]1COCCN1)Nc1ccc(-c2cc(C(=O)O)[nH]n2)cc1. The van der Waals surface area contributed by atoms with Crippen molar-refractivity contribution in [3.8, 4) is 11.3 Å². The Morgan fingerprint density at radius 1 is 1.33 bits per heavy atom. The molecule has 0 unspecified atom stereocenters. The van der Waals surface area contributed by atoms with E-state index in [1.807, 2.05) is 0 Å². The number of amides is 1. The molecule has 8 heteroatoms. The van der Waals surface area contributed by atoms with E-state index in [9.17, 15) is 9.59 Å². The van der Waals surface area contributed by atoms with Gasteiger partial charge in [0, 0.05) is 30.3 Å². The van der Waals surface area contributed by atoms with E-state index >= 15 is 0 Å². The lowest BCUT2D eigenvalue weighted by atomic mass is 10.1. The van der Waals surface area contributed by atoms with Gasteiger partial charge in [-0.25, -0.2) is 4.79 Å². The van der Waals surface area contributed by atoms with E-state index in [1.54, 1.807) is 24.3 Å². The van der Waals surface area contributed by atoms with E-state index in [0.29, 0.717) is 31.0 Å². The maximum atomic E-state index is 12.0. The zero-order chi connectivity index (χ0) is 16.9. The third-order valence-electron chi connectivity index (χ3n) is 3.70. The van der Waals surface area contributed by atoms with Crippen LogP contribution in [-0.2, 0) is 9.53 Å². The molecule has 8 nitrogen and oxygen atoms in total. The first-order valence-electron chi connectivity index (χ1n) is 7.62. The Bertz CT molecular complexity index is 720. The highest BCUT2D eigenvalue weighted by atomic mass is 16.5. The zero-order valence-corrected chi connectivity index (χ0v) is 12.9. The zero-order valence-electron chi connectivity index (χ0n) is 12.9.